The lowest BCUT2D eigenvalue weighted by molar-refractivity contribution is -0.384. The number of nitrogens with one attached hydrogen (secondary N) is 3. The fraction of sp³-hybridized carbons (Fsp3) is 0.500. The van der Waals surface area contributed by atoms with Crippen molar-refractivity contribution in [3.05, 3.63) is 28.3 Å². The largest absolute Gasteiger partial charge is 0.378 e. The molecule has 0 aliphatic heterocycles. The van der Waals surface area contributed by atoms with Gasteiger partial charge in [-0.2, -0.15) is 0 Å². The number of hydrogen-bond donors (Lipinski definition) is 3. The van der Waals surface area contributed by atoms with Gasteiger partial charge < -0.3 is 16.0 Å². The Balaban J connectivity index is 0.00000312. The van der Waals surface area contributed by atoms with Crippen LogP contribution < -0.4 is 16.0 Å². The zero-order chi connectivity index (χ0) is 17.7. The van der Waals surface area contributed by atoms with Gasteiger partial charge in [0.2, 0.25) is 0 Å². The Kier molecular flexibility index (Phi) is 7.86. The van der Waals surface area contributed by atoms with Crippen LogP contribution in [0.15, 0.2) is 28.1 Å². The number of rotatable bonds is 7. The van der Waals surface area contributed by atoms with Crippen LogP contribution in [0.1, 0.15) is 12.8 Å². The summed E-state index contributed by atoms with van der Waals surface area (Å²) >= 11 is 0. The number of aliphatic imine (C=N–C) groups is 1. The standard InChI is InChI=1S/C14H21N5O4S.HI/c1-15-14(18-10-3-4-10)17-8-7-16-12-6-5-11(24(2,22)23)9-13(12)19(20)21;/h5-6,9-10,16H,3-4,7-8H2,1-2H3,(H2,15,17,18);1H. The number of nitro benzene ring substituents is 1. The molecular weight excluding hydrogens is 461 g/mol. The average molecular weight is 483 g/mol. The Morgan fingerprint density at radius 2 is 2.04 bits per heavy atom. The number of benzene rings is 1. The fourth-order valence-electron chi connectivity index (χ4n) is 2.04. The molecule has 25 heavy (non-hydrogen) atoms. The molecule has 0 atom stereocenters. The van der Waals surface area contributed by atoms with E-state index in [1.165, 1.54) is 12.1 Å². The van der Waals surface area contributed by atoms with Crippen molar-refractivity contribution in [2.75, 3.05) is 31.7 Å². The first-order valence-electron chi connectivity index (χ1n) is 7.51. The van der Waals surface area contributed by atoms with E-state index in [-0.39, 0.29) is 40.2 Å². The van der Waals surface area contributed by atoms with E-state index in [0.29, 0.717) is 25.1 Å². The number of hydrogen-bond acceptors (Lipinski definition) is 6. The molecule has 0 heterocycles. The maximum atomic E-state index is 11.5. The van der Waals surface area contributed by atoms with Crippen LogP contribution in [-0.4, -0.2) is 51.7 Å². The number of nitro groups is 1. The highest BCUT2D eigenvalue weighted by atomic mass is 127. The molecule has 1 aliphatic rings. The van der Waals surface area contributed by atoms with Crippen molar-refractivity contribution in [3.63, 3.8) is 0 Å². The van der Waals surface area contributed by atoms with Crippen molar-refractivity contribution in [1.82, 2.24) is 10.6 Å². The van der Waals surface area contributed by atoms with Gasteiger partial charge in [-0.15, -0.1) is 24.0 Å². The molecule has 0 unspecified atom stereocenters. The molecule has 0 aromatic heterocycles. The minimum absolute atomic E-state index is 0. The molecule has 0 spiro atoms. The molecule has 140 valence electrons. The number of nitrogens with zero attached hydrogens (tertiary/aromatic N) is 2. The number of guanidine groups is 1. The molecule has 3 N–H and O–H groups in total. The van der Waals surface area contributed by atoms with E-state index in [4.69, 9.17) is 0 Å². The molecular formula is C14H22IN5O4S. The quantitative estimate of drug-likeness (QED) is 0.134. The van der Waals surface area contributed by atoms with E-state index in [0.717, 1.165) is 25.2 Å². The van der Waals surface area contributed by atoms with E-state index >= 15 is 0 Å². The summed E-state index contributed by atoms with van der Waals surface area (Å²) in [6.45, 7) is 0.932. The van der Waals surface area contributed by atoms with E-state index < -0.39 is 14.8 Å². The molecule has 1 aliphatic carbocycles. The van der Waals surface area contributed by atoms with Gasteiger partial charge >= 0.3 is 0 Å². The summed E-state index contributed by atoms with van der Waals surface area (Å²) in [5, 5.41) is 20.4. The first kappa shape index (κ1) is 21.4. The SMILES string of the molecule is CN=C(NCCNc1ccc(S(C)(=O)=O)cc1[N+](=O)[O-])NC1CC1.I. The van der Waals surface area contributed by atoms with Crippen molar-refractivity contribution < 1.29 is 13.3 Å². The third-order valence-corrected chi connectivity index (χ3v) is 4.58. The lowest BCUT2D eigenvalue weighted by Gasteiger charge is -2.12. The van der Waals surface area contributed by atoms with Crippen molar-refractivity contribution in [2.24, 2.45) is 4.99 Å². The Hall–Kier alpha value is -1.63. The number of sulfone groups is 1. The van der Waals surface area contributed by atoms with E-state index in [9.17, 15) is 18.5 Å². The Labute approximate surface area is 163 Å². The van der Waals surface area contributed by atoms with E-state index in [2.05, 4.69) is 20.9 Å². The Morgan fingerprint density at radius 3 is 2.56 bits per heavy atom. The van der Waals surface area contributed by atoms with Crippen molar-refractivity contribution in [3.8, 4) is 0 Å². The lowest BCUT2D eigenvalue weighted by atomic mass is 10.2. The van der Waals surface area contributed by atoms with Gasteiger partial charge in [0, 0.05) is 38.5 Å². The van der Waals surface area contributed by atoms with Crippen LogP contribution in [0.5, 0.6) is 0 Å². The van der Waals surface area contributed by atoms with Crippen molar-refractivity contribution in [2.45, 2.75) is 23.8 Å². The fourth-order valence-corrected chi connectivity index (χ4v) is 2.68. The van der Waals surface area contributed by atoms with Crippen LogP contribution in [0.3, 0.4) is 0 Å². The zero-order valence-corrected chi connectivity index (χ0v) is 17.1. The first-order chi connectivity index (χ1) is 11.3. The monoisotopic (exact) mass is 483 g/mol. The second kappa shape index (κ2) is 9.17. The normalized spacial score (nSPS) is 14.4. The molecule has 0 amide bonds. The molecule has 9 nitrogen and oxygen atoms in total. The van der Waals surface area contributed by atoms with Gasteiger partial charge in [-0.25, -0.2) is 8.42 Å². The summed E-state index contributed by atoms with van der Waals surface area (Å²) in [6, 6.07) is 4.31. The molecule has 0 bridgehead atoms. The summed E-state index contributed by atoms with van der Waals surface area (Å²) in [6.07, 6.45) is 3.29. The smallest absolute Gasteiger partial charge is 0.293 e. The number of anilines is 1. The minimum atomic E-state index is -3.49. The van der Waals surface area contributed by atoms with Crippen LogP contribution in [0.2, 0.25) is 0 Å². The Bertz CT molecular complexity index is 750. The number of halogens is 1. The molecule has 1 aromatic carbocycles. The molecule has 0 radical (unpaired) electrons. The van der Waals surface area contributed by atoms with Crippen LogP contribution in [0.25, 0.3) is 0 Å². The summed E-state index contributed by atoms with van der Waals surface area (Å²) in [5.74, 6) is 0.696. The third kappa shape index (κ3) is 6.65. The average Bonchev–Trinajstić information content (AvgIpc) is 3.33. The topological polar surface area (TPSA) is 126 Å². The minimum Gasteiger partial charge on any atom is -0.378 e. The van der Waals surface area contributed by atoms with Crippen molar-refractivity contribution >= 4 is 51.1 Å². The molecule has 1 saturated carbocycles. The molecule has 0 saturated heterocycles. The summed E-state index contributed by atoms with van der Waals surface area (Å²) in [7, 11) is -1.81. The van der Waals surface area contributed by atoms with Crippen LogP contribution in [0, 0.1) is 10.1 Å². The van der Waals surface area contributed by atoms with Crippen LogP contribution >= 0.6 is 24.0 Å². The van der Waals surface area contributed by atoms with Gasteiger partial charge in [0.25, 0.3) is 5.69 Å². The third-order valence-electron chi connectivity index (χ3n) is 3.47. The summed E-state index contributed by atoms with van der Waals surface area (Å²) in [4.78, 5) is 14.6. The maximum Gasteiger partial charge on any atom is 0.293 e. The highest BCUT2D eigenvalue weighted by Gasteiger charge is 2.22. The van der Waals surface area contributed by atoms with Gasteiger partial charge in [0.05, 0.1) is 9.82 Å². The Morgan fingerprint density at radius 1 is 1.36 bits per heavy atom. The van der Waals surface area contributed by atoms with Gasteiger partial charge in [0.15, 0.2) is 15.8 Å². The molecule has 11 heteroatoms. The second-order valence-electron chi connectivity index (χ2n) is 5.55. The maximum absolute atomic E-state index is 11.5. The predicted molar refractivity (Wildman–Crippen MR) is 108 cm³/mol. The summed E-state index contributed by atoms with van der Waals surface area (Å²) in [5.41, 5.74) is 0.0118. The van der Waals surface area contributed by atoms with Gasteiger partial charge in [-0.05, 0) is 25.0 Å². The summed E-state index contributed by atoms with van der Waals surface area (Å²) < 4.78 is 23.0. The van der Waals surface area contributed by atoms with E-state index in [1.807, 2.05) is 0 Å². The molecule has 1 aromatic rings. The molecule has 2 rings (SSSR count). The van der Waals surface area contributed by atoms with E-state index in [1.54, 1.807) is 7.05 Å². The predicted octanol–water partition coefficient (Wildman–Crippen LogP) is 1.36. The van der Waals surface area contributed by atoms with Crippen LogP contribution in [0.4, 0.5) is 11.4 Å². The first-order valence-corrected chi connectivity index (χ1v) is 9.40. The second-order valence-corrected chi connectivity index (χ2v) is 7.57. The highest BCUT2D eigenvalue weighted by molar-refractivity contribution is 14.0. The lowest BCUT2D eigenvalue weighted by Crippen LogP contribution is -2.40. The van der Waals surface area contributed by atoms with Crippen LogP contribution in [-0.2, 0) is 9.84 Å². The van der Waals surface area contributed by atoms with Crippen molar-refractivity contribution in [1.29, 1.82) is 0 Å². The highest BCUT2D eigenvalue weighted by Crippen LogP contribution is 2.27. The molecule has 1 fully saturated rings. The van der Waals surface area contributed by atoms with Gasteiger partial charge in [0.1, 0.15) is 5.69 Å². The van der Waals surface area contributed by atoms with Gasteiger partial charge in [-0.3, -0.25) is 15.1 Å². The zero-order valence-electron chi connectivity index (χ0n) is 14.0. The van der Waals surface area contributed by atoms with Gasteiger partial charge in [-0.1, -0.05) is 0 Å².